The normalized spacial score (nSPS) is 13.0. The molecular formula is C27H41F3N4O7. The van der Waals surface area contributed by atoms with Crippen molar-refractivity contribution in [3.05, 3.63) is 35.4 Å². The third-order valence-corrected chi connectivity index (χ3v) is 5.60. The van der Waals surface area contributed by atoms with Gasteiger partial charge in [-0.25, -0.2) is 14.4 Å². The quantitative estimate of drug-likeness (QED) is 0.137. The van der Waals surface area contributed by atoms with Crippen molar-refractivity contribution in [1.82, 2.24) is 16.0 Å². The lowest BCUT2D eigenvalue weighted by atomic mass is 10.1. The van der Waals surface area contributed by atoms with Crippen molar-refractivity contribution < 1.29 is 46.6 Å². The number of methoxy groups -OCH3 is 1. The Morgan fingerprint density at radius 3 is 2.05 bits per heavy atom. The number of nitrogens with one attached hydrogen (secondary N) is 3. The molecule has 3 amide bonds. The molecule has 232 valence electrons. The molecule has 11 nitrogen and oxygen atoms in total. The maximum absolute atomic E-state index is 13.0. The van der Waals surface area contributed by atoms with Crippen LogP contribution in [0.3, 0.4) is 0 Å². The first-order valence-electron chi connectivity index (χ1n) is 13.3. The van der Waals surface area contributed by atoms with E-state index >= 15 is 0 Å². The van der Waals surface area contributed by atoms with Gasteiger partial charge in [0.25, 0.3) is 0 Å². The molecule has 0 aliphatic heterocycles. The van der Waals surface area contributed by atoms with Gasteiger partial charge in [-0.3, -0.25) is 4.79 Å². The second kappa shape index (κ2) is 17.3. The largest absolute Gasteiger partial charge is 0.467 e. The molecule has 1 rings (SSSR count). The SMILES string of the molecule is COC(=O)[C@H](CCCCN)NC(=O)[C@H](CCCCNC(=O)OCc1ccc(C(F)(F)F)cc1)NC(=O)OC(C)(C)C. The maximum Gasteiger partial charge on any atom is 0.416 e. The number of halogens is 3. The molecule has 0 radical (unpaired) electrons. The molecule has 0 unspecified atom stereocenters. The molecule has 0 spiro atoms. The Hall–Kier alpha value is -3.55. The monoisotopic (exact) mass is 590 g/mol. The van der Waals surface area contributed by atoms with Gasteiger partial charge in [-0.05, 0) is 83.5 Å². The average Bonchev–Trinajstić information content (AvgIpc) is 2.88. The summed E-state index contributed by atoms with van der Waals surface area (Å²) < 4.78 is 53.0. The Morgan fingerprint density at radius 2 is 1.49 bits per heavy atom. The predicted octanol–water partition coefficient (Wildman–Crippen LogP) is 3.78. The minimum Gasteiger partial charge on any atom is -0.467 e. The zero-order valence-corrected chi connectivity index (χ0v) is 23.9. The van der Waals surface area contributed by atoms with E-state index in [-0.39, 0.29) is 19.6 Å². The summed E-state index contributed by atoms with van der Waals surface area (Å²) in [4.78, 5) is 49.5. The van der Waals surface area contributed by atoms with Crippen molar-refractivity contribution in [2.75, 3.05) is 20.2 Å². The van der Waals surface area contributed by atoms with E-state index in [0.29, 0.717) is 44.2 Å². The summed E-state index contributed by atoms with van der Waals surface area (Å²) in [5.41, 5.74) is 4.30. The van der Waals surface area contributed by atoms with Crippen LogP contribution in [-0.2, 0) is 36.6 Å². The summed E-state index contributed by atoms with van der Waals surface area (Å²) in [6, 6.07) is 2.31. The van der Waals surface area contributed by atoms with Crippen LogP contribution in [0.1, 0.15) is 70.4 Å². The molecule has 2 atom stereocenters. The lowest BCUT2D eigenvalue weighted by Crippen LogP contribution is -2.52. The van der Waals surface area contributed by atoms with Crippen molar-refractivity contribution in [2.24, 2.45) is 5.73 Å². The number of nitrogens with two attached hydrogens (primary N) is 1. The van der Waals surface area contributed by atoms with Gasteiger partial charge in [0.15, 0.2) is 0 Å². The van der Waals surface area contributed by atoms with Crippen LogP contribution in [0, 0.1) is 0 Å². The third-order valence-electron chi connectivity index (χ3n) is 5.60. The number of benzene rings is 1. The maximum atomic E-state index is 13.0. The Morgan fingerprint density at radius 1 is 0.878 bits per heavy atom. The summed E-state index contributed by atoms with van der Waals surface area (Å²) in [6.45, 7) is 5.43. The topological polar surface area (TPSA) is 158 Å². The van der Waals surface area contributed by atoms with Crippen LogP contribution in [0.4, 0.5) is 22.8 Å². The number of amides is 3. The highest BCUT2D eigenvalue weighted by Gasteiger charge is 2.30. The number of esters is 1. The molecule has 0 aliphatic rings. The highest BCUT2D eigenvalue weighted by atomic mass is 19.4. The Bertz CT molecular complexity index is 983. The Kier molecular flexibility index (Phi) is 15.0. The second-order valence-electron chi connectivity index (χ2n) is 10.3. The van der Waals surface area contributed by atoms with E-state index in [9.17, 15) is 32.3 Å². The second-order valence-corrected chi connectivity index (χ2v) is 10.3. The van der Waals surface area contributed by atoms with Crippen LogP contribution >= 0.6 is 0 Å². The minimum absolute atomic E-state index is 0.171. The molecule has 0 saturated carbocycles. The van der Waals surface area contributed by atoms with Crippen molar-refractivity contribution >= 4 is 24.1 Å². The molecule has 0 bridgehead atoms. The smallest absolute Gasteiger partial charge is 0.416 e. The molecule has 0 fully saturated rings. The lowest BCUT2D eigenvalue weighted by Gasteiger charge is -2.25. The standard InChI is InChI=1S/C27H41F3N4O7/c1-26(2,3)41-25(38)34-20(22(35)33-21(23(36)39-4)10-5-7-15-31)9-6-8-16-32-24(37)40-17-18-11-13-19(14-12-18)27(28,29)30/h11-14,20-21H,5-10,15-17,31H2,1-4H3,(H,32,37)(H,33,35)(H,34,38)/t20-,21-/m0/s1. The fourth-order valence-corrected chi connectivity index (χ4v) is 3.53. The summed E-state index contributed by atoms with van der Waals surface area (Å²) in [5.74, 6) is -1.21. The van der Waals surface area contributed by atoms with Crippen molar-refractivity contribution in [3.63, 3.8) is 0 Å². The Balaban J connectivity index is 2.62. The zero-order valence-electron chi connectivity index (χ0n) is 23.9. The van der Waals surface area contributed by atoms with Crippen LogP contribution in [0.2, 0.25) is 0 Å². The number of carbonyl (C=O) groups is 4. The van der Waals surface area contributed by atoms with Crippen molar-refractivity contribution in [3.8, 4) is 0 Å². The van der Waals surface area contributed by atoms with E-state index < -0.39 is 53.5 Å². The molecule has 5 N–H and O–H groups in total. The van der Waals surface area contributed by atoms with Gasteiger partial charge < -0.3 is 35.9 Å². The predicted molar refractivity (Wildman–Crippen MR) is 143 cm³/mol. The van der Waals surface area contributed by atoms with E-state index in [1.165, 1.54) is 19.2 Å². The van der Waals surface area contributed by atoms with Crippen LogP contribution in [0.25, 0.3) is 0 Å². The van der Waals surface area contributed by atoms with Gasteiger partial charge >= 0.3 is 24.3 Å². The lowest BCUT2D eigenvalue weighted by molar-refractivity contribution is -0.145. The number of hydrogen-bond acceptors (Lipinski definition) is 8. The van der Waals surface area contributed by atoms with E-state index in [1.807, 2.05) is 0 Å². The number of unbranched alkanes of at least 4 members (excludes halogenated alkanes) is 2. The van der Waals surface area contributed by atoms with Gasteiger partial charge in [0.2, 0.25) is 5.91 Å². The van der Waals surface area contributed by atoms with Crippen LogP contribution in [0.5, 0.6) is 0 Å². The number of alkyl halides is 3. The Labute approximate surface area is 238 Å². The van der Waals surface area contributed by atoms with Gasteiger partial charge in [0.05, 0.1) is 12.7 Å². The van der Waals surface area contributed by atoms with E-state index in [0.717, 1.165) is 12.1 Å². The van der Waals surface area contributed by atoms with Gasteiger partial charge in [-0.1, -0.05) is 12.1 Å². The molecular weight excluding hydrogens is 549 g/mol. The first-order valence-corrected chi connectivity index (χ1v) is 13.3. The number of alkyl carbamates (subject to hydrolysis) is 2. The van der Waals surface area contributed by atoms with Gasteiger partial charge in [0.1, 0.15) is 24.3 Å². The molecule has 0 saturated heterocycles. The molecule has 1 aromatic carbocycles. The molecule has 0 aliphatic carbocycles. The molecule has 0 heterocycles. The van der Waals surface area contributed by atoms with Gasteiger partial charge in [-0.15, -0.1) is 0 Å². The summed E-state index contributed by atoms with van der Waals surface area (Å²) in [7, 11) is 1.21. The number of carbonyl (C=O) groups excluding carboxylic acids is 4. The molecule has 41 heavy (non-hydrogen) atoms. The molecule has 0 aromatic heterocycles. The summed E-state index contributed by atoms with van der Waals surface area (Å²) in [6.07, 6.45) is -3.49. The molecule has 14 heteroatoms. The van der Waals surface area contributed by atoms with Crippen molar-refractivity contribution in [2.45, 2.75) is 89.8 Å². The number of rotatable bonds is 15. The van der Waals surface area contributed by atoms with Gasteiger partial charge in [-0.2, -0.15) is 13.2 Å². The van der Waals surface area contributed by atoms with E-state index in [1.54, 1.807) is 20.8 Å². The molecule has 1 aromatic rings. The third kappa shape index (κ3) is 15.1. The minimum atomic E-state index is -4.45. The fourth-order valence-electron chi connectivity index (χ4n) is 3.53. The average molecular weight is 591 g/mol. The fraction of sp³-hybridized carbons (Fsp3) is 0.630. The van der Waals surface area contributed by atoms with E-state index in [2.05, 4.69) is 16.0 Å². The first-order chi connectivity index (χ1) is 19.2. The summed E-state index contributed by atoms with van der Waals surface area (Å²) >= 11 is 0. The first kappa shape index (κ1) is 35.5. The highest BCUT2D eigenvalue weighted by molar-refractivity contribution is 5.89. The van der Waals surface area contributed by atoms with Gasteiger partial charge in [0, 0.05) is 6.54 Å². The van der Waals surface area contributed by atoms with Crippen LogP contribution in [0.15, 0.2) is 24.3 Å². The van der Waals surface area contributed by atoms with E-state index in [4.69, 9.17) is 19.9 Å². The zero-order chi connectivity index (χ0) is 31.1. The van der Waals surface area contributed by atoms with Crippen molar-refractivity contribution in [1.29, 1.82) is 0 Å². The number of hydrogen-bond donors (Lipinski definition) is 4. The van der Waals surface area contributed by atoms with Crippen LogP contribution in [-0.4, -0.2) is 61.9 Å². The number of ether oxygens (including phenoxy) is 3. The van der Waals surface area contributed by atoms with Crippen LogP contribution < -0.4 is 21.7 Å². The summed E-state index contributed by atoms with van der Waals surface area (Å²) in [5, 5.41) is 7.67. The highest BCUT2D eigenvalue weighted by Crippen LogP contribution is 2.29.